The Hall–Kier alpha value is -3.37. The van der Waals surface area contributed by atoms with Gasteiger partial charge >= 0.3 is 10.8 Å². The van der Waals surface area contributed by atoms with Crippen LogP contribution in [0.5, 0.6) is 5.75 Å². The minimum absolute atomic E-state index is 0.0252. The van der Waals surface area contributed by atoms with E-state index in [0.29, 0.717) is 6.61 Å². The molecule has 0 unspecified atom stereocenters. The molecule has 38 heavy (non-hydrogen) atoms. The van der Waals surface area contributed by atoms with Crippen molar-refractivity contribution in [3.05, 3.63) is 80.3 Å². The number of imide groups is 1. The van der Waals surface area contributed by atoms with Gasteiger partial charge in [0, 0.05) is 16.0 Å². The Kier molecular flexibility index (Phi) is 5.52. The number of carboxylic acids is 1. The van der Waals surface area contributed by atoms with Gasteiger partial charge < -0.3 is 14.8 Å². The lowest BCUT2D eigenvalue weighted by Crippen LogP contribution is -2.42. The first kappa shape index (κ1) is 23.7. The minimum Gasteiger partial charge on any atom is -0.489 e. The number of hydrogen-bond acceptors (Lipinski definition) is 7. The molecule has 0 spiro atoms. The number of carboxylic acid groups (broad SMARTS) is 1. The van der Waals surface area contributed by atoms with Crippen LogP contribution in [-0.2, 0) is 21.0 Å². The number of likely N-dealkylation sites (tertiary alicyclic amines) is 1. The maximum absolute atomic E-state index is 13.3. The maximum atomic E-state index is 13.3. The molecular weight excluding hydrogens is 524 g/mol. The lowest BCUT2D eigenvalue weighted by molar-refractivity contribution is -0.149. The van der Waals surface area contributed by atoms with Gasteiger partial charge in [-0.1, -0.05) is 53.8 Å². The molecular formula is C28H24N2O6S2. The van der Waals surface area contributed by atoms with Crippen LogP contribution in [0.2, 0.25) is 0 Å². The number of carbonyl (C=O) groups is 3. The number of aromatic amines is 1. The van der Waals surface area contributed by atoms with Crippen molar-refractivity contribution in [3.8, 4) is 5.75 Å². The van der Waals surface area contributed by atoms with Gasteiger partial charge in [0.1, 0.15) is 18.9 Å². The van der Waals surface area contributed by atoms with E-state index in [4.69, 9.17) is 4.74 Å². The number of fused-ring (bicyclic) bond motifs is 9. The van der Waals surface area contributed by atoms with Gasteiger partial charge in [0.2, 0.25) is 11.8 Å². The summed E-state index contributed by atoms with van der Waals surface area (Å²) in [5.74, 6) is -2.18. The van der Waals surface area contributed by atoms with Crippen LogP contribution in [0.4, 0.5) is 0 Å². The molecule has 3 heterocycles. The summed E-state index contributed by atoms with van der Waals surface area (Å²) >= 11 is 2.83. The Morgan fingerprint density at radius 1 is 1.00 bits per heavy atom. The number of H-pyrrole nitrogens is 1. The largest absolute Gasteiger partial charge is 0.489 e. The molecule has 2 aliphatic carbocycles. The summed E-state index contributed by atoms with van der Waals surface area (Å²) in [6.07, 6.45) is 0.768. The average molecular weight is 549 g/mol. The smallest absolute Gasteiger partial charge is 0.323 e. The van der Waals surface area contributed by atoms with Crippen molar-refractivity contribution in [3.63, 3.8) is 0 Å². The summed E-state index contributed by atoms with van der Waals surface area (Å²) in [6.45, 7) is -0.120. The Morgan fingerprint density at radius 3 is 2.42 bits per heavy atom. The van der Waals surface area contributed by atoms with Crippen LogP contribution in [0.25, 0.3) is 0 Å². The first-order valence-corrected chi connectivity index (χ1v) is 14.3. The number of thiazole rings is 1. The Labute approximate surface area is 226 Å². The molecule has 0 radical (unpaired) electrons. The van der Waals surface area contributed by atoms with E-state index < -0.39 is 24.3 Å². The van der Waals surface area contributed by atoms with Crippen LogP contribution < -0.4 is 9.61 Å². The number of carbonyl (C=O) groups excluding carboxylic acids is 2. The van der Waals surface area contributed by atoms with Crippen molar-refractivity contribution in [1.29, 1.82) is 0 Å². The third-order valence-corrected chi connectivity index (χ3v) is 11.2. The number of rotatable bonds is 6. The van der Waals surface area contributed by atoms with Crippen LogP contribution >= 0.6 is 23.1 Å². The molecule has 2 saturated carbocycles. The standard InChI is InChI=1S/C28H24N2O6S2/c31-18(32)11-30-26(33)21-16-10-17(22(21)27(30)34)23-20(16)19(24-25(37-23)29-28(35)38-24)14-6-8-15(9-7-14)36-12-13-4-2-1-3-5-13/h1-9,16-17,19-23H,10-12H2,(H,29,35)(H,31,32)/t16-,17-,19-,20-,21+,22-,23-/m1/s1. The quantitative estimate of drug-likeness (QED) is 0.453. The number of nitrogens with one attached hydrogen (secondary N) is 1. The van der Waals surface area contributed by atoms with E-state index in [1.54, 1.807) is 11.8 Å². The van der Waals surface area contributed by atoms with Gasteiger partial charge in [-0.3, -0.25) is 24.1 Å². The second kappa shape index (κ2) is 8.84. The first-order valence-electron chi connectivity index (χ1n) is 12.6. The van der Waals surface area contributed by atoms with Crippen LogP contribution in [0.15, 0.2) is 64.4 Å². The normalized spacial score (nSPS) is 30.7. The van der Waals surface area contributed by atoms with E-state index in [0.717, 1.165) is 38.1 Å². The van der Waals surface area contributed by atoms with E-state index in [9.17, 15) is 24.3 Å². The van der Waals surface area contributed by atoms with E-state index in [2.05, 4.69) is 4.98 Å². The highest BCUT2D eigenvalue weighted by Crippen LogP contribution is 2.68. The van der Waals surface area contributed by atoms with Crippen molar-refractivity contribution < 1.29 is 24.2 Å². The van der Waals surface area contributed by atoms with E-state index in [1.165, 1.54) is 11.3 Å². The zero-order chi connectivity index (χ0) is 26.1. The van der Waals surface area contributed by atoms with Crippen molar-refractivity contribution in [1.82, 2.24) is 9.88 Å². The highest BCUT2D eigenvalue weighted by molar-refractivity contribution is 8.00. The fraction of sp³-hybridized carbons (Fsp3) is 0.357. The Balaban J connectivity index is 1.21. The molecule has 2 bridgehead atoms. The maximum Gasteiger partial charge on any atom is 0.323 e. The molecule has 2 aliphatic heterocycles. The van der Waals surface area contributed by atoms with Crippen molar-refractivity contribution in [2.24, 2.45) is 29.6 Å². The fourth-order valence-corrected chi connectivity index (χ4v) is 10.1. The highest BCUT2D eigenvalue weighted by Gasteiger charge is 2.69. The number of nitrogens with zero attached hydrogens (tertiary/aromatic N) is 1. The topological polar surface area (TPSA) is 117 Å². The van der Waals surface area contributed by atoms with E-state index >= 15 is 0 Å². The molecule has 7 atom stereocenters. The molecule has 3 fully saturated rings. The molecule has 2 N–H and O–H groups in total. The molecule has 1 saturated heterocycles. The number of amides is 2. The second-order valence-electron chi connectivity index (χ2n) is 10.5. The summed E-state index contributed by atoms with van der Waals surface area (Å²) in [6, 6.07) is 17.9. The highest BCUT2D eigenvalue weighted by atomic mass is 32.2. The summed E-state index contributed by atoms with van der Waals surface area (Å²) in [5.41, 5.74) is 2.13. The molecule has 194 valence electrons. The molecule has 3 aromatic rings. The Morgan fingerprint density at radius 2 is 1.71 bits per heavy atom. The number of aliphatic carboxylic acids is 1. The zero-order valence-electron chi connectivity index (χ0n) is 20.1. The van der Waals surface area contributed by atoms with Gasteiger partial charge in [-0.25, -0.2) is 0 Å². The number of benzene rings is 2. The van der Waals surface area contributed by atoms with Crippen molar-refractivity contribution in [2.75, 3.05) is 6.54 Å². The summed E-state index contributed by atoms with van der Waals surface area (Å²) in [4.78, 5) is 55.0. The minimum atomic E-state index is -1.18. The summed E-state index contributed by atoms with van der Waals surface area (Å²) in [7, 11) is 0. The average Bonchev–Trinajstić information content (AvgIpc) is 3.64. The summed E-state index contributed by atoms with van der Waals surface area (Å²) in [5, 5.41) is 10.2. The zero-order valence-corrected chi connectivity index (χ0v) is 21.7. The predicted molar refractivity (Wildman–Crippen MR) is 140 cm³/mol. The third kappa shape index (κ3) is 3.57. The Bertz CT molecular complexity index is 1500. The monoisotopic (exact) mass is 548 g/mol. The predicted octanol–water partition coefficient (Wildman–Crippen LogP) is 3.57. The van der Waals surface area contributed by atoms with Crippen LogP contribution in [0, 0.1) is 29.6 Å². The number of hydrogen-bond donors (Lipinski definition) is 2. The molecule has 4 aliphatic rings. The lowest BCUT2D eigenvalue weighted by atomic mass is 9.68. The summed E-state index contributed by atoms with van der Waals surface area (Å²) < 4.78 is 5.98. The number of thioether (sulfide) groups is 1. The van der Waals surface area contributed by atoms with Gasteiger partial charge in [-0.15, -0.1) is 11.8 Å². The first-order chi connectivity index (χ1) is 18.4. The molecule has 2 amide bonds. The number of ether oxygens (including phenoxy) is 1. The van der Waals surface area contributed by atoms with E-state index in [1.807, 2.05) is 54.6 Å². The molecule has 2 aromatic carbocycles. The molecule has 10 heteroatoms. The lowest BCUT2D eigenvalue weighted by Gasteiger charge is -2.43. The van der Waals surface area contributed by atoms with Gasteiger partial charge in [-0.05, 0) is 47.4 Å². The molecule has 1 aromatic heterocycles. The van der Waals surface area contributed by atoms with E-state index in [-0.39, 0.29) is 45.6 Å². The van der Waals surface area contributed by atoms with Gasteiger partial charge in [-0.2, -0.15) is 0 Å². The van der Waals surface area contributed by atoms with Gasteiger partial charge in [0.15, 0.2) is 0 Å². The van der Waals surface area contributed by atoms with Crippen LogP contribution in [0.1, 0.15) is 28.3 Å². The fourth-order valence-electron chi connectivity index (χ4n) is 7.26. The number of aromatic nitrogens is 1. The molecule has 7 rings (SSSR count). The second-order valence-corrected chi connectivity index (χ2v) is 12.7. The van der Waals surface area contributed by atoms with Gasteiger partial charge in [0.05, 0.1) is 16.9 Å². The SMILES string of the molecule is O=C(O)CN1C(=O)[C@@H]2[C@H]3C[C@@H]([C@@H]2C1=O)[C@@H]1[C@@H](c2ccc(OCc4ccccc4)cc2)c2sc(=O)[nH]c2S[C@H]31. The van der Waals surface area contributed by atoms with Crippen LogP contribution in [-0.4, -0.2) is 44.6 Å². The van der Waals surface area contributed by atoms with Gasteiger partial charge in [0.25, 0.3) is 0 Å². The van der Waals surface area contributed by atoms with Crippen LogP contribution in [0.3, 0.4) is 0 Å². The molecule has 8 nitrogen and oxygen atoms in total. The third-order valence-electron chi connectivity index (χ3n) is 8.60. The van der Waals surface area contributed by atoms with Crippen molar-refractivity contribution in [2.45, 2.75) is 29.2 Å². The van der Waals surface area contributed by atoms with Crippen molar-refractivity contribution >= 4 is 40.9 Å².